The first-order chi connectivity index (χ1) is 8.25. The van der Waals surface area contributed by atoms with Gasteiger partial charge in [0.1, 0.15) is 0 Å². The SMILES string of the molecule is O=C(O)c1ccn(CC=Cc2ccccc2)n1. The third-order valence-corrected chi connectivity index (χ3v) is 2.26. The molecule has 2 rings (SSSR count). The minimum atomic E-state index is -1.00. The third-order valence-electron chi connectivity index (χ3n) is 2.26. The van der Waals surface area contributed by atoms with Gasteiger partial charge in [-0.15, -0.1) is 0 Å². The minimum Gasteiger partial charge on any atom is -0.476 e. The minimum absolute atomic E-state index is 0.0677. The third kappa shape index (κ3) is 3.04. The number of rotatable bonds is 4. The van der Waals surface area contributed by atoms with E-state index in [-0.39, 0.29) is 5.69 Å². The van der Waals surface area contributed by atoms with Crippen LogP contribution >= 0.6 is 0 Å². The highest BCUT2D eigenvalue weighted by atomic mass is 16.4. The molecular formula is C13H12N2O2. The summed E-state index contributed by atoms with van der Waals surface area (Å²) in [5, 5.41) is 12.6. The van der Waals surface area contributed by atoms with E-state index < -0.39 is 5.97 Å². The number of hydrogen-bond donors (Lipinski definition) is 1. The number of aromatic carboxylic acids is 1. The zero-order valence-corrected chi connectivity index (χ0v) is 9.15. The Morgan fingerprint density at radius 3 is 2.71 bits per heavy atom. The van der Waals surface area contributed by atoms with E-state index in [1.807, 2.05) is 42.5 Å². The maximum absolute atomic E-state index is 10.6. The van der Waals surface area contributed by atoms with E-state index in [0.717, 1.165) is 5.56 Å². The summed E-state index contributed by atoms with van der Waals surface area (Å²) < 4.78 is 1.59. The second-order valence-electron chi connectivity index (χ2n) is 3.54. The molecule has 0 bridgehead atoms. The van der Waals surface area contributed by atoms with Crippen molar-refractivity contribution in [2.24, 2.45) is 0 Å². The van der Waals surface area contributed by atoms with Gasteiger partial charge in [0.2, 0.25) is 0 Å². The molecule has 0 amide bonds. The van der Waals surface area contributed by atoms with E-state index in [2.05, 4.69) is 5.10 Å². The maximum atomic E-state index is 10.6. The zero-order valence-electron chi connectivity index (χ0n) is 9.15. The van der Waals surface area contributed by atoms with Crippen molar-refractivity contribution in [3.05, 3.63) is 59.9 Å². The standard InChI is InChI=1S/C13H12N2O2/c16-13(17)12-8-10-15(14-12)9-4-7-11-5-2-1-3-6-11/h1-8,10H,9H2,(H,16,17). The first kappa shape index (κ1) is 11.1. The van der Waals surface area contributed by atoms with E-state index in [1.54, 1.807) is 10.9 Å². The molecule has 0 spiro atoms. The van der Waals surface area contributed by atoms with Crippen LogP contribution in [0.4, 0.5) is 0 Å². The van der Waals surface area contributed by atoms with Gasteiger partial charge in [-0.25, -0.2) is 4.79 Å². The summed E-state index contributed by atoms with van der Waals surface area (Å²) in [6, 6.07) is 11.4. The van der Waals surface area contributed by atoms with Crippen molar-refractivity contribution in [1.82, 2.24) is 9.78 Å². The molecule has 0 fully saturated rings. The van der Waals surface area contributed by atoms with Crippen LogP contribution in [0, 0.1) is 0 Å². The predicted molar refractivity (Wildman–Crippen MR) is 64.7 cm³/mol. The molecule has 0 unspecified atom stereocenters. The van der Waals surface area contributed by atoms with Crippen molar-refractivity contribution >= 4 is 12.0 Å². The van der Waals surface area contributed by atoms with Crippen LogP contribution in [0.1, 0.15) is 16.1 Å². The number of allylic oxidation sites excluding steroid dienone is 1. The molecule has 0 radical (unpaired) electrons. The van der Waals surface area contributed by atoms with E-state index in [1.165, 1.54) is 6.07 Å². The molecule has 0 atom stereocenters. The molecule has 0 aliphatic rings. The molecule has 2 aromatic rings. The highest BCUT2D eigenvalue weighted by Gasteiger charge is 2.04. The number of benzene rings is 1. The Morgan fingerprint density at radius 2 is 2.06 bits per heavy atom. The Morgan fingerprint density at radius 1 is 1.29 bits per heavy atom. The van der Waals surface area contributed by atoms with Gasteiger partial charge in [0, 0.05) is 6.20 Å². The number of carbonyl (C=O) groups is 1. The van der Waals surface area contributed by atoms with Crippen molar-refractivity contribution in [3.8, 4) is 0 Å². The average molecular weight is 228 g/mol. The van der Waals surface area contributed by atoms with Crippen LogP contribution in [-0.4, -0.2) is 20.9 Å². The van der Waals surface area contributed by atoms with Gasteiger partial charge in [0.25, 0.3) is 0 Å². The molecule has 86 valence electrons. The Hall–Kier alpha value is -2.36. The molecule has 0 saturated heterocycles. The number of carboxylic acid groups (broad SMARTS) is 1. The fourth-order valence-electron chi connectivity index (χ4n) is 1.44. The van der Waals surface area contributed by atoms with E-state index in [9.17, 15) is 4.79 Å². The predicted octanol–water partition coefficient (Wildman–Crippen LogP) is 2.29. The van der Waals surface area contributed by atoms with Crippen molar-refractivity contribution < 1.29 is 9.90 Å². The summed E-state index contributed by atoms with van der Waals surface area (Å²) in [5.41, 5.74) is 1.18. The number of carboxylic acids is 1. The van der Waals surface area contributed by atoms with Gasteiger partial charge in [0.15, 0.2) is 5.69 Å². The lowest BCUT2D eigenvalue weighted by Gasteiger charge is -1.95. The molecule has 1 heterocycles. The summed E-state index contributed by atoms with van der Waals surface area (Å²) in [5.74, 6) is -1.00. The van der Waals surface area contributed by atoms with Crippen LogP contribution in [0.15, 0.2) is 48.7 Å². The second kappa shape index (κ2) is 5.12. The Kier molecular flexibility index (Phi) is 3.35. The normalized spacial score (nSPS) is 10.8. The van der Waals surface area contributed by atoms with Gasteiger partial charge >= 0.3 is 5.97 Å². The molecule has 4 nitrogen and oxygen atoms in total. The van der Waals surface area contributed by atoms with Crippen LogP contribution in [0.3, 0.4) is 0 Å². The van der Waals surface area contributed by atoms with Crippen molar-refractivity contribution in [2.45, 2.75) is 6.54 Å². The second-order valence-corrected chi connectivity index (χ2v) is 3.54. The summed E-state index contributed by atoms with van der Waals surface area (Å²) in [7, 11) is 0. The Labute approximate surface area is 98.8 Å². The topological polar surface area (TPSA) is 55.1 Å². The monoisotopic (exact) mass is 228 g/mol. The largest absolute Gasteiger partial charge is 0.476 e. The van der Waals surface area contributed by atoms with Crippen molar-refractivity contribution in [1.29, 1.82) is 0 Å². The van der Waals surface area contributed by atoms with Crippen LogP contribution in [0.25, 0.3) is 6.08 Å². The quantitative estimate of drug-likeness (QED) is 0.873. The number of nitrogens with zero attached hydrogens (tertiary/aromatic N) is 2. The van der Waals surface area contributed by atoms with Gasteiger partial charge in [-0.2, -0.15) is 5.10 Å². The maximum Gasteiger partial charge on any atom is 0.356 e. The average Bonchev–Trinajstić information content (AvgIpc) is 2.79. The molecule has 17 heavy (non-hydrogen) atoms. The Balaban J connectivity index is 1.98. The first-order valence-corrected chi connectivity index (χ1v) is 5.24. The molecule has 1 aromatic carbocycles. The smallest absolute Gasteiger partial charge is 0.356 e. The van der Waals surface area contributed by atoms with E-state index in [0.29, 0.717) is 6.54 Å². The molecule has 1 N–H and O–H groups in total. The lowest BCUT2D eigenvalue weighted by atomic mass is 10.2. The molecule has 0 aliphatic heterocycles. The van der Waals surface area contributed by atoms with Crippen LogP contribution < -0.4 is 0 Å². The van der Waals surface area contributed by atoms with Crippen molar-refractivity contribution in [3.63, 3.8) is 0 Å². The van der Waals surface area contributed by atoms with Gasteiger partial charge in [0.05, 0.1) is 6.54 Å². The summed E-state index contributed by atoms with van der Waals surface area (Å²) in [6.45, 7) is 0.558. The molecule has 0 saturated carbocycles. The molecule has 0 aliphatic carbocycles. The molecular weight excluding hydrogens is 216 g/mol. The highest BCUT2D eigenvalue weighted by molar-refractivity contribution is 5.85. The van der Waals surface area contributed by atoms with Gasteiger partial charge in [-0.3, -0.25) is 4.68 Å². The highest BCUT2D eigenvalue weighted by Crippen LogP contribution is 2.02. The molecule has 4 heteroatoms. The fraction of sp³-hybridized carbons (Fsp3) is 0.0769. The molecule has 1 aromatic heterocycles. The Bertz CT molecular complexity index is 529. The zero-order chi connectivity index (χ0) is 12.1. The fourth-order valence-corrected chi connectivity index (χ4v) is 1.44. The van der Waals surface area contributed by atoms with E-state index >= 15 is 0 Å². The van der Waals surface area contributed by atoms with Gasteiger partial charge in [-0.1, -0.05) is 42.5 Å². The van der Waals surface area contributed by atoms with Crippen LogP contribution in [0.5, 0.6) is 0 Å². The van der Waals surface area contributed by atoms with Crippen LogP contribution in [-0.2, 0) is 6.54 Å². The summed E-state index contributed by atoms with van der Waals surface area (Å²) in [6.07, 6.45) is 5.56. The van der Waals surface area contributed by atoms with Gasteiger partial charge in [-0.05, 0) is 11.6 Å². The number of hydrogen-bond acceptors (Lipinski definition) is 2. The van der Waals surface area contributed by atoms with E-state index in [4.69, 9.17) is 5.11 Å². The lowest BCUT2D eigenvalue weighted by molar-refractivity contribution is 0.0689. The first-order valence-electron chi connectivity index (χ1n) is 5.24. The van der Waals surface area contributed by atoms with Gasteiger partial charge < -0.3 is 5.11 Å². The lowest BCUT2D eigenvalue weighted by Crippen LogP contribution is -2.01. The van der Waals surface area contributed by atoms with Crippen molar-refractivity contribution in [2.75, 3.05) is 0 Å². The summed E-state index contributed by atoms with van der Waals surface area (Å²) >= 11 is 0. The summed E-state index contributed by atoms with van der Waals surface area (Å²) in [4.78, 5) is 10.6. The number of aromatic nitrogens is 2. The van der Waals surface area contributed by atoms with Crippen LogP contribution in [0.2, 0.25) is 0 Å².